The number of carbonyl (C=O) groups is 1. The molecule has 7 nitrogen and oxygen atoms in total. The first kappa shape index (κ1) is 15.4. The lowest BCUT2D eigenvalue weighted by atomic mass is 10.1. The molecule has 1 aliphatic rings. The van der Waals surface area contributed by atoms with Crippen LogP contribution in [0.3, 0.4) is 0 Å². The largest absolute Gasteiger partial charge is 0.481 e. The number of rotatable bonds is 4. The highest BCUT2D eigenvalue weighted by molar-refractivity contribution is 7.87. The molecule has 0 bridgehead atoms. The minimum absolute atomic E-state index is 0.108. The highest BCUT2D eigenvalue weighted by atomic mass is 32.2. The van der Waals surface area contributed by atoms with E-state index in [1.54, 1.807) is 20.8 Å². The van der Waals surface area contributed by atoms with Gasteiger partial charge in [0, 0.05) is 12.1 Å². The zero-order valence-corrected chi connectivity index (χ0v) is 11.7. The normalized spacial score (nSPS) is 22.9. The monoisotopic (exact) mass is 280 g/mol. The highest BCUT2D eigenvalue weighted by Crippen LogP contribution is 2.16. The van der Waals surface area contributed by atoms with Crippen LogP contribution in [0.4, 0.5) is 0 Å². The van der Waals surface area contributed by atoms with Gasteiger partial charge in [0.15, 0.2) is 0 Å². The van der Waals surface area contributed by atoms with Gasteiger partial charge < -0.3 is 9.84 Å². The molecule has 1 heterocycles. The van der Waals surface area contributed by atoms with E-state index in [4.69, 9.17) is 9.84 Å². The van der Waals surface area contributed by atoms with Crippen LogP contribution in [0, 0.1) is 0 Å². The van der Waals surface area contributed by atoms with E-state index in [1.165, 1.54) is 4.31 Å². The Kier molecular flexibility index (Phi) is 4.71. The first-order valence-electron chi connectivity index (χ1n) is 5.72. The summed E-state index contributed by atoms with van der Waals surface area (Å²) >= 11 is 0. The number of nitrogens with one attached hydrogen (secondary N) is 1. The fourth-order valence-corrected chi connectivity index (χ4v) is 3.50. The first-order chi connectivity index (χ1) is 8.12. The van der Waals surface area contributed by atoms with Gasteiger partial charge in [-0.15, -0.1) is 0 Å². The number of carboxylic acid groups (broad SMARTS) is 1. The van der Waals surface area contributed by atoms with Crippen molar-refractivity contribution in [1.29, 1.82) is 0 Å². The summed E-state index contributed by atoms with van der Waals surface area (Å²) in [6.45, 7) is 5.76. The molecule has 0 aromatic heterocycles. The van der Waals surface area contributed by atoms with Gasteiger partial charge in [0.2, 0.25) is 0 Å². The number of ether oxygens (including phenoxy) is 1. The van der Waals surface area contributed by atoms with Gasteiger partial charge >= 0.3 is 5.97 Å². The summed E-state index contributed by atoms with van der Waals surface area (Å²) in [4.78, 5) is 10.7. The molecular weight excluding hydrogens is 260 g/mol. The van der Waals surface area contributed by atoms with Gasteiger partial charge in [-0.3, -0.25) is 4.79 Å². The van der Waals surface area contributed by atoms with Crippen LogP contribution in [-0.2, 0) is 19.7 Å². The van der Waals surface area contributed by atoms with E-state index < -0.39 is 27.8 Å². The van der Waals surface area contributed by atoms with E-state index >= 15 is 0 Å². The Hall–Kier alpha value is -0.700. The molecule has 1 saturated heterocycles. The summed E-state index contributed by atoms with van der Waals surface area (Å²) in [6, 6.07) is -0.656. The van der Waals surface area contributed by atoms with E-state index in [0.717, 1.165) is 0 Å². The fourth-order valence-electron chi connectivity index (χ4n) is 1.76. The second-order valence-electron chi connectivity index (χ2n) is 5.29. The summed E-state index contributed by atoms with van der Waals surface area (Å²) < 4.78 is 33.2. The van der Waals surface area contributed by atoms with E-state index in [9.17, 15) is 13.2 Å². The Morgan fingerprint density at radius 1 is 1.50 bits per heavy atom. The van der Waals surface area contributed by atoms with Crippen LogP contribution < -0.4 is 4.72 Å². The molecule has 0 aliphatic carbocycles. The topological polar surface area (TPSA) is 95.9 Å². The molecule has 8 heteroatoms. The smallest absolute Gasteiger partial charge is 0.305 e. The predicted molar refractivity (Wildman–Crippen MR) is 65.4 cm³/mol. The Morgan fingerprint density at radius 3 is 2.61 bits per heavy atom. The van der Waals surface area contributed by atoms with Gasteiger partial charge in [0.05, 0.1) is 25.7 Å². The molecular formula is C10H20N2O5S. The third-order valence-corrected chi connectivity index (χ3v) is 4.30. The van der Waals surface area contributed by atoms with E-state index in [2.05, 4.69) is 4.72 Å². The maximum Gasteiger partial charge on any atom is 0.305 e. The standard InChI is InChI=1S/C10H20N2O5S/c1-10(2,3)11-18(15,16)12-4-5-17-7-8(12)6-9(13)14/h8,11H,4-7H2,1-3H3,(H,13,14). The van der Waals surface area contributed by atoms with Gasteiger partial charge in [-0.2, -0.15) is 17.4 Å². The number of hydrogen-bond acceptors (Lipinski definition) is 4. The van der Waals surface area contributed by atoms with E-state index in [1.807, 2.05) is 0 Å². The van der Waals surface area contributed by atoms with Crippen molar-refractivity contribution in [3.8, 4) is 0 Å². The summed E-state index contributed by atoms with van der Waals surface area (Å²) in [7, 11) is -3.70. The summed E-state index contributed by atoms with van der Waals surface area (Å²) in [5.41, 5.74) is -0.606. The molecule has 0 aromatic carbocycles. The average Bonchev–Trinajstić information content (AvgIpc) is 2.13. The van der Waals surface area contributed by atoms with Crippen molar-refractivity contribution in [2.75, 3.05) is 19.8 Å². The Labute approximate surface area is 107 Å². The van der Waals surface area contributed by atoms with Gasteiger partial charge in [-0.25, -0.2) is 0 Å². The molecule has 0 saturated carbocycles. The Bertz CT molecular complexity index is 401. The van der Waals surface area contributed by atoms with Crippen molar-refractivity contribution in [2.24, 2.45) is 0 Å². The lowest BCUT2D eigenvalue weighted by Crippen LogP contribution is -2.56. The number of nitrogens with zero attached hydrogens (tertiary/aromatic N) is 1. The Balaban J connectivity index is 2.85. The summed E-state index contributed by atoms with van der Waals surface area (Å²) in [6.07, 6.45) is -0.259. The molecule has 18 heavy (non-hydrogen) atoms. The first-order valence-corrected chi connectivity index (χ1v) is 7.16. The number of hydrogen-bond donors (Lipinski definition) is 2. The fraction of sp³-hybridized carbons (Fsp3) is 0.900. The van der Waals surface area contributed by atoms with Crippen molar-refractivity contribution < 1.29 is 23.1 Å². The third-order valence-electron chi connectivity index (χ3n) is 2.33. The van der Waals surface area contributed by atoms with Gasteiger partial charge in [-0.1, -0.05) is 0 Å². The van der Waals surface area contributed by atoms with E-state index in [-0.39, 0.29) is 26.2 Å². The maximum atomic E-state index is 12.2. The predicted octanol–water partition coefficient (Wildman–Crippen LogP) is -0.205. The second-order valence-corrected chi connectivity index (χ2v) is 6.92. The quantitative estimate of drug-likeness (QED) is 0.743. The van der Waals surface area contributed by atoms with E-state index in [0.29, 0.717) is 0 Å². The SMILES string of the molecule is CC(C)(C)NS(=O)(=O)N1CCOCC1CC(=O)O. The molecule has 0 amide bonds. The molecule has 1 fully saturated rings. The molecule has 106 valence electrons. The van der Waals surface area contributed by atoms with Crippen molar-refractivity contribution in [3.05, 3.63) is 0 Å². The summed E-state index contributed by atoms with van der Waals surface area (Å²) in [5.74, 6) is -1.04. The van der Waals surface area contributed by atoms with Crippen LogP contribution in [0.15, 0.2) is 0 Å². The zero-order chi connectivity index (χ0) is 14.0. The molecule has 2 N–H and O–H groups in total. The average molecular weight is 280 g/mol. The molecule has 1 unspecified atom stereocenters. The molecule has 1 rings (SSSR count). The molecule has 0 aromatic rings. The van der Waals surface area contributed by atoms with Crippen LogP contribution in [0.2, 0.25) is 0 Å². The lowest BCUT2D eigenvalue weighted by molar-refractivity contribution is -0.139. The van der Waals surface area contributed by atoms with Gasteiger partial charge in [-0.05, 0) is 20.8 Å². The lowest BCUT2D eigenvalue weighted by Gasteiger charge is -2.35. The van der Waals surface area contributed by atoms with Crippen molar-refractivity contribution in [2.45, 2.75) is 38.8 Å². The Morgan fingerprint density at radius 2 is 2.11 bits per heavy atom. The number of morpholine rings is 1. The number of aliphatic carboxylic acids is 1. The third kappa shape index (κ3) is 4.52. The highest BCUT2D eigenvalue weighted by Gasteiger charge is 2.36. The van der Waals surface area contributed by atoms with Crippen LogP contribution in [0.5, 0.6) is 0 Å². The number of carboxylic acids is 1. The minimum Gasteiger partial charge on any atom is -0.481 e. The van der Waals surface area contributed by atoms with Crippen LogP contribution in [0.25, 0.3) is 0 Å². The molecule has 0 radical (unpaired) electrons. The maximum absolute atomic E-state index is 12.2. The second kappa shape index (κ2) is 5.52. The van der Waals surface area contributed by atoms with Gasteiger partial charge in [0.25, 0.3) is 10.2 Å². The molecule has 1 atom stereocenters. The van der Waals surface area contributed by atoms with Gasteiger partial charge in [0.1, 0.15) is 0 Å². The van der Waals surface area contributed by atoms with Crippen molar-refractivity contribution in [3.63, 3.8) is 0 Å². The van der Waals surface area contributed by atoms with Crippen LogP contribution >= 0.6 is 0 Å². The molecule has 1 aliphatic heterocycles. The summed E-state index contributed by atoms with van der Waals surface area (Å²) in [5, 5.41) is 8.78. The van der Waals surface area contributed by atoms with Crippen molar-refractivity contribution in [1.82, 2.24) is 9.03 Å². The zero-order valence-electron chi connectivity index (χ0n) is 10.8. The minimum atomic E-state index is -3.70. The van der Waals surface area contributed by atoms with Crippen LogP contribution in [-0.4, -0.2) is 55.1 Å². The van der Waals surface area contributed by atoms with Crippen LogP contribution in [0.1, 0.15) is 27.2 Å². The molecule has 0 spiro atoms. The van der Waals surface area contributed by atoms with Crippen molar-refractivity contribution >= 4 is 16.2 Å².